The molecular formula is C20H26O3. The second kappa shape index (κ2) is 6.46. The summed E-state index contributed by atoms with van der Waals surface area (Å²) < 4.78 is 5.89. The third-order valence-electron chi connectivity index (χ3n) is 6.25. The third kappa shape index (κ3) is 2.93. The highest BCUT2D eigenvalue weighted by molar-refractivity contribution is 5.89. The molecular weight excluding hydrogens is 288 g/mol. The lowest BCUT2D eigenvalue weighted by Crippen LogP contribution is -2.43. The van der Waals surface area contributed by atoms with Gasteiger partial charge >= 0.3 is 5.97 Å². The first-order chi connectivity index (χ1) is 11.1. The Hall–Kier alpha value is -1.64. The SMILES string of the molecule is C[C@H](C=O)[C@H]1CC[C@H]2C(OC(=O)c3ccccc3)CCC[C@]12C. The Labute approximate surface area is 138 Å². The molecule has 0 spiro atoms. The van der Waals surface area contributed by atoms with Crippen LogP contribution >= 0.6 is 0 Å². The quantitative estimate of drug-likeness (QED) is 0.616. The summed E-state index contributed by atoms with van der Waals surface area (Å²) in [6, 6.07) is 9.22. The van der Waals surface area contributed by atoms with E-state index in [9.17, 15) is 9.59 Å². The van der Waals surface area contributed by atoms with Gasteiger partial charge in [0.05, 0.1) is 5.56 Å². The van der Waals surface area contributed by atoms with Crippen LogP contribution in [-0.2, 0) is 9.53 Å². The lowest BCUT2D eigenvalue weighted by molar-refractivity contribution is -0.114. The first-order valence-corrected chi connectivity index (χ1v) is 8.77. The van der Waals surface area contributed by atoms with Crippen molar-refractivity contribution in [1.82, 2.24) is 0 Å². The average molecular weight is 314 g/mol. The van der Waals surface area contributed by atoms with Crippen LogP contribution in [-0.4, -0.2) is 18.4 Å². The van der Waals surface area contributed by atoms with Gasteiger partial charge in [-0.25, -0.2) is 4.79 Å². The first kappa shape index (κ1) is 16.2. The summed E-state index contributed by atoms with van der Waals surface area (Å²) in [5.41, 5.74) is 0.746. The predicted molar refractivity (Wildman–Crippen MR) is 89.0 cm³/mol. The van der Waals surface area contributed by atoms with Gasteiger partial charge in [-0.1, -0.05) is 32.0 Å². The summed E-state index contributed by atoms with van der Waals surface area (Å²) in [6.07, 6.45) is 6.37. The Kier molecular flexibility index (Phi) is 4.56. The Balaban J connectivity index is 1.75. The van der Waals surface area contributed by atoms with Crippen molar-refractivity contribution in [3.05, 3.63) is 35.9 Å². The number of aldehydes is 1. The molecule has 0 aromatic heterocycles. The Morgan fingerprint density at radius 3 is 2.70 bits per heavy atom. The van der Waals surface area contributed by atoms with Crippen molar-refractivity contribution in [2.45, 2.75) is 52.1 Å². The van der Waals surface area contributed by atoms with Gasteiger partial charge in [0.2, 0.25) is 0 Å². The van der Waals surface area contributed by atoms with Crippen molar-refractivity contribution in [2.75, 3.05) is 0 Å². The van der Waals surface area contributed by atoms with Crippen LogP contribution in [0.3, 0.4) is 0 Å². The minimum absolute atomic E-state index is 0.00897. The molecule has 0 amide bonds. The maximum Gasteiger partial charge on any atom is 0.338 e. The molecule has 3 rings (SSSR count). The Morgan fingerprint density at radius 2 is 2.00 bits per heavy atom. The summed E-state index contributed by atoms with van der Waals surface area (Å²) in [5.74, 6) is 0.680. The van der Waals surface area contributed by atoms with Gasteiger partial charge in [-0.05, 0) is 55.6 Å². The van der Waals surface area contributed by atoms with E-state index in [2.05, 4.69) is 6.92 Å². The van der Waals surface area contributed by atoms with E-state index in [1.165, 1.54) is 0 Å². The van der Waals surface area contributed by atoms with E-state index in [-0.39, 0.29) is 23.4 Å². The van der Waals surface area contributed by atoms with Gasteiger partial charge in [0.25, 0.3) is 0 Å². The van der Waals surface area contributed by atoms with Crippen molar-refractivity contribution in [1.29, 1.82) is 0 Å². The van der Waals surface area contributed by atoms with Gasteiger partial charge in [-0.2, -0.15) is 0 Å². The molecule has 0 saturated heterocycles. The maximum atomic E-state index is 12.4. The summed E-state index contributed by atoms with van der Waals surface area (Å²) in [5, 5.41) is 0. The second-order valence-corrected chi connectivity index (χ2v) is 7.49. The largest absolute Gasteiger partial charge is 0.458 e. The molecule has 2 saturated carbocycles. The zero-order valence-corrected chi connectivity index (χ0v) is 14.0. The average Bonchev–Trinajstić information content (AvgIpc) is 2.93. The fraction of sp³-hybridized carbons (Fsp3) is 0.600. The lowest BCUT2D eigenvalue weighted by Gasteiger charge is -2.45. The first-order valence-electron chi connectivity index (χ1n) is 8.77. The van der Waals surface area contributed by atoms with Crippen molar-refractivity contribution < 1.29 is 14.3 Å². The number of rotatable bonds is 4. The molecule has 0 radical (unpaired) electrons. The molecule has 23 heavy (non-hydrogen) atoms. The van der Waals surface area contributed by atoms with Crippen LogP contribution in [0.2, 0.25) is 0 Å². The van der Waals surface area contributed by atoms with Gasteiger partial charge in [0, 0.05) is 11.8 Å². The highest BCUT2D eigenvalue weighted by Gasteiger charge is 2.53. The number of hydrogen-bond donors (Lipinski definition) is 0. The van der Waals surface area contributed by atoms with Gasteiger partial charge < -0.3 is 9.53 Å². The number of hydrogen-bond acceptors (Lipinski definition) is 3. The zero-order chi connectivity index (χ0) is 16.4. The molecule has 0 N–H and O–H groups in total. The normalized spacial score (nSPS) is 34.4. The molecule has 3 heteroatoms. The molecule has 3 nitrogen and oxygen atoms in total. The Bertz CT molecular complexity index is 568. The number of esters is 1. The summed E-state index contributed by atoms with van der Waals surface area (Å²) in [7, 11) is 0. The van der Waals surface area contributed by atoms with Crippen LogP contribution in [0, 0.1) is 23.2 Å². The summed E-state index contributed by atoms with van der Waals surface area (Å²) in [6.45, 7) is 4.34. The van der Waals surface area contributed by atoms with E-state index in [1.54, 1.807) is 12.1 Å². The highest BCUT2D eigenvalue weighted by Crippen LogP contribution is 2.58. The van der Waals surface area contributed by atoms with E-state index < -0.39 is 0 Å². The molecule has 0 bridgehead atoms. The standard InChI is InChI=1S/C20H26O3/c1-14(13-21)16-10-11-17-18(9-6-12-20(16,17)2)23-19(22)15-7-4-3-5-8-15/h3-5,7-8,13-14,16-18H,6,9-12H2,1-2H3/t14-,16-,17+,18?,20-/m1/s1. The highest BCUT2D eigenvalue weighted by atomic mass is 16.5. The molecule has 2 fully saturated rings. The summed E-state index contributed by atoms with van der Waals surface area (Å²) in [4.78, 5) is 23.7. The van der Waals surface area contributed by atoms with Crippen molar-refractivity contribution >= 4 is 12.3 Å². The summed E-state index contributed by atoms with van der Waals surface area (Å²) >= 11 is 0. The molecule has 0 aliphatic heterocycles. The van der Waals surface area contributed by atoms with Gasteiger partial charge in [-0.15, -0.1) is 0 Å². The number of carbonyl (C=O) groups is 2. The number of ether oxygens (including phenoxy) is 1. The molecule has 5 atom stereocenters. The molecule has 0 heterocycles. The lowest BCUT2D eigenvalue weighted by atomic mass is 9.62. The number of carbonyl (C=O) groups excluding carboxylic acids is 2. The van der Waals surface area contributed by atoms with Gasteiger partial charge in [-0.3, -0.25) is 0 Å². The van der Waals surface area contributed by atoms with E-state index in [1.807, 2.05) is 25.1 Å². The van der Waals surface area contributed by atoms with Crippen LogP contribution in [0.25, 0.3) is 0 Å². The van der Waals surface area contributed by atoms with Gasteiger partial charge in [0.1, 0.15) is 12.4 Å². The van der Waals surface area contributed by atoms with Crippen molar-refractivity contribution in [3.63, 3.8) is 0 Å². The molecule has 1 aromatic carbocycles. The molecule has 124 valence electrons. The van der Waals surface area contributed by atoms with Gasteiger partial charge in [0.15, 0.2) is 0 Å². The van der Waals surface area contributed by atoms with E-state index >= 15 is 0 Å². The predicted octanol–water partition coefficient (Wildman–Crippen LogP) is 4.26. The maximum absolute atomic E-state index is 12.4. The zero-order valence-electron chi connectivity index (χ0n) is 14.0. The second-order valence-electron chi connectivity index (χ2n) is 7.49. The van der Waals surface area contributed by atoms with Crippen molar-refractivity contribution in [3.8, 4) is 0 Å². The molecule has 1 aromatic rings. The minimum atomic E-state index is -0.216. The fourth-order valence-corrected chi connectivity index (χ4v) is 5.04. The van der Waals surface area contributed by atoms with Crippen LogP contribution in [0.4, 0.5) is 0 Å². The van der Waals surface area contributed by atoms with E-state index in [0.717, 1.165) is 38.4 Å². The molecule has 2 aliphatic rings. The third-order valence-corrected chi connectivity index (χ3v) is 6.25. The van der Waals surface area contributed by atoms with Crippen molar-refractivity contribution in [2.24, 2.45) is 23.2 Å². The van der Waals surface area contributed by atoms with E-state index in [0.29, 0.717) is 17.4 Å². The molecule has 2 aliphatic carbocycles. The Morgan fingerprint density at radius 1 is 1.26 bits per heavy atom. The smallest absolute Gasteiger partial charge is 0.338 e. The van der Waals surface area contributed by atoms with Crippen LogP contribution in [0.1, 0.15) is 56.3 Å². The van der Waals surface area contributed by atoms with Crippen LogP contribution in [0.15, 0.2) is 30.3 Å². The topological polar surface area (TPSA) is 43.4 Å². The molecule has 1 unspecified atom stereocenters. The van der Waals surface area contributed by atoms with Crippen LogP contribution in [0.5, 0.6) is 0 Å². The van der Waals surface area contributed by atoms with Crippen LogP contribution < -0.4 is 0 Å². The fourth-order valence-electron chi connectivity index (χ4n) is 5.04. The number of fused-ring (bicyclic) bond motifs is 1. The monoisotopic (exact) mass is 314 g/mol. The minimum Gasteiger partial charge on any atom is -0.458 e. The van der Waals surface area contributed by atoms with E-state index in [4.69, 9.17) is 4.74 Å². The number of benzene rings is 1.